The first-order chi connectivity index (χ1) is 12.4. The summed E-state index contributed by atoms with van der Waals surface area (Å²) in [6, 6.07) is 0. The van der Waals surface area contributed by atoms with Crippen molar-refractivity contribution in [3.63, 3.8) is 0 Å². The molecule has 4 aliphatic carbocycles. The van der Waals surface area contributed by atoms with Crippen LogP contribution in [0.2, 0.25) is 0 Å². The summed E-state index contributed by atoms with van der Waals surface area (Å²) in [6.07, 6.45) is 17.4. The molecular formula is C25H40O. The zero-order valence-corrected chi connectivity index (χ0v) is 17.8. The van der Waals surface area contributed by atoms with E-state index in [-0.39, 0.29) is 0 Å². The van der Waals surface area contributed by atoms with Crippen molar-refractivity contribution < 1.29 is 4.74 Å². The minimum Gasteiger partial charge on any atom is -0.501 e. The Balaban J connectivity index is 1.61. The van der Waals surface area contributed by atoms with Crippen LogP contribution in [-0.4, -0.2) is 7.11 Å². The third-order valence-corrected chi connectivity index (χ3v) is 9.50. The van der Waals surface area contributed by atoms with Gasteiger partial charge in [-0.25, -0.2) is 0 Å². The lowest BCUT2D eigenvalue weighted by atomic mass is 9.47. The van der Waals surface area contributed by atoms with E-state index in [1.807, 2.05) is 7.11 Å². The van der Waals surface area contributed by atoms with Crippen LogP contribution in [-0.2, 0) is 4.74 Å². The predicted octanol–water partition coefficient (Wildman–Crippen LogP) is 7.14. The Morgan fingerprint density at radius 1 is 1.15 bits per heavy atom. The maximum Gasteiger partial charge on any atom is 0.0958 e. The molecule has 26 heavy (non-hydrogen) atoms. The molecule has 0 amide bonds. The van der Waals surface area contributed by atoms with Gasteiger partial charge in [0.2, 0.25) is 0 Å². The van der Waals surface area contributed by atoms with Gasteiger partial charge in [0.05, 0.1) is 12.9 Å². The molecule has 0 spiro atoms. The molecule has 1 nitrogen and oxygen atoms in total. The number of hydrogen-bond acceptors (Lipinski definition) is 1. The monoisotopic (exact) mass is 356 g/mol. The molecule has 0 N–H and O–H groups in total. The minimum absolute atomic E-state index is 0.402. The summed E-state index contributed by atoms with van der Waals surface area (Å²) in [7, 11) is 1.84. The second-order valence-corrected chi connectivity index (χ2v) is 10.5. The Hall–Kier alpha value is -0.720. The number of rotatable bonds is 4. The number of ether oxygens (including phenoxy) is 1. The van der Waals surface area contributed by atoms with E-state index in [0.717, 1.165) is 36.0 Å². The quantitative estimate of drug-likeness (QED) is 0.520. The SMILES string of the molecule is CCCC(C)C1CCC2C3CC=C4C=C(OC)CC[C@]4(C)C3CC[C@]12C. The summed E-state index contributed by atoms with van der Waals surface area (Å²) in [5, 5.41) is 0. The van der Waals surface area contributed by atoms with Crippen LogP contribution in [0.3, 0.4) is 0 Å². The molecule has 2 fully saturated rings. The van der Waals surface area contributed by atoms with Crippen LogP contribution < -0.4 is 0 Å². The van der Waals surface area contributed by atoms with Crippen LogP contribution in [0, 0.1) is 40.4 Å². The van der Waals surface area contributed by atoms with Crippen molar-refractivity contribution in [2.45, 2.75) is 85.5 Å². The maximum atomic E-state index is 5.59. The molecule has 4 rings (SSSR count). The number of fused-ring (bicyclic) bond motifs is 5. The predicted molar refractivity (Wildman–Crippen MR) is 110 cm³/mol. The van der Waals surface area contributed by atoms with Crippen LogP contribution in [0.25, 0.3) is 0 Å². The Morgan fingerprint density at radius 3 is 2.69 bits per heavy atom. The van der Waals surface area contributed by atoms with E-state index < -0.39 is 0 Å². The average Bonchev–Trinajstić information content (AvgIpc) is 2.98. The van der Waals surface area contributed by atoms with E-state index in [9.17, 15) is 0 Å². The highest BCUT2D eigenvalue weighted by molar-refractivity contribution is 5.35. The lowest BCUT2D eigenvalue weighted by Gasteiger charge is -2.57. The molecule has 0 aromatic carbocycles. The van der Waals surface area contributed by atoms with Crippen LogP contribution in [0.15, 0.2) is 23.5 Å². The molecule has 4 aliphatic rings. The van der Waals surface area contributed by atoms with Gasteiger partial charge in [0.15, 0.2) is 0 Å². The smallest absolute Gasteiger partial charge is 0.0958 e. The Bertz CT molecular complexity index is 601. The highest BCUT2D eigenvalue weighted by Gasteiger charge is 2.58. The molecule has 0 bridgehead atoms. The number of methoxy groups -OCH3 is 1. The van der Waals surface area contributed by atoms with Gasteiger partial charge in [0.25, 0.3) is 0 Å². The molecule has 1 heteroatoms. The van der Waals surface area contributed by atoms with Gasteiger partial charge in [-0.15, -0.1) is 0 Å². The Morgan fingerprint density at radius 2 is 1.96 bits per heavy atom. The highest BCUT2D eigenvalue weighted by atomic mass is 16.5. The second-order valence-electron chi connectivity index (χ2n) is 10.5. The van der Waals surface area contributed by atoms with Gasteiger partial charge in [-0.1, -0.05) is 46.6 Å². The van der Waals surface area contributed by atoms with Crippen molar-refractivity contribution in [2.75, 3.05) is 7.11 Å². The molecule has 7 atom stereocenters. The van der Waals surface area contributed by atoms with Crippen LogP contribution in [0.4, 0.5) is 0 Å². The van der Waals surface area contributed by atoms with E-state index in [1.165, 1.54) is 57.1 Å². The lowest BCUT2D eigenvalue weighted by Crippen LogP contribution is -2.49. The molecule has 0 heterocycles. The largest absolute Gasteiger partial charge is 0.501 e. The van der Waals surface area contributed by atoms with Gasteiger partial charge in [-0.2, -0.15) is 0 Å². The van der Waals surface area contributed by atoms with E-state index >= 15 is 0 Å². The molecule has 146 valence electrons. The molecule has 2 saturated carbocycles. The van der Waals surface area contributed by atoms with Crippen molar-refractivity contribution in [2.24, 2.45) is 40.4 Å². The van der Waals surface area contributed by atoms with Gasteiger partial charge < -0.3 is 4.74 Å². The average molecular weight is 357 g/mol. The summed E-state index contributed by atoms with van der Waals surface area (Å²) in [4.78, 5) is 0. The Kier molecular flexibility index (Phi) is 4.81. The second kappa shape index (κ2) is 6.71. The first-order valence-electron chi connectivity index (χ1n) is 11.4. The van der Waals surface area contributed by atoms with Gasteiger partial charge >= 0.3 is 0 Å². The van der Waals surface area contributed by atoms with Gasteiger partial charge in [0, 0.05) is 6.42 Å². The number of hydrogen-bond donors (Lipinski definition) is 0. The van der Waals surface area contributed by atoms with E-state index in [4.69, 9.17) is 4.74 Å². The molecule has 0 radical (unpaired) electrons. The van der Waals surface area contributed by atoms with E-state index in [2.05, 4.69) is 39.8 Å². The summed E-state index contributed by atoms with van der Waals surface area (Å²) >= 11 is 0. The first kappa shape index (κ1) is 18.6. The molecular weight excluding hydrogens is 316 g/mol. The number of allylic oxidation sites excluding steroid dienone is 4. The van der Waals surface area contributed by atoms with Crippen molar-refractivity contribution in [1.29, 1.82) is 0 Å². The molecule has 0 aliphatic heterocycles. The van der Waals surface area contributed by atoms with Crippen molar-refractivity contribution in [3.05, 3.63) is 23.5 Å². The fourth-order valence-corrected chi connectivity index (χ4v) is 8.09. The molecule has 0 aromatic rings. The fourth-order valence-electron chi connectivity index (χ4n) is 8.09. The summed E-state index contributed by atoms with van der Waals surface area (Å²) in [5.74, 6) is 5.88. The molecule has 0 saturated heterocycles. The fraction of sp³-hybridized carbons (Fsp3) is 0.840. The summed E-state index contributed by atoms with van der Waals surface area (Å²) in [6.45, 7) is 10.2. The van der Waals surface area contributed by atoms with Crippen molar-refractivity contribution in [3.8, 4) is 0 Å². The van der Waals surface area contributed by atoms with Crippen LogP contribution in [0.5, 0.6) is 0 Å². The van der Waals surface area contributed by atoms with Crippen molar-refractivity contribution >= 4 is 0 Å². The minimum atomic E-state index is 0.402. The van der Waals surface area contributed by atoms with Crippen LogP contribution >= 0.6 is 0 Å². The van der Waals surface area contributed by atoms with Gasteiger partial charge in [-0.05, 0) is 90.6 Å². The van der Waals surface area contributed by atoms with Crippen LogP contribution in [0.1, 0.15) is 85.5 Å². The standard InChI is InChI=1S/C25H40O/c1-6-7-17(2)21-10-11-22-20-9-8-18-16-19(26-5)12-14-24(18,3)23(20)13-15-25(21,22)4/h8,16-17,20-23H,6-7,9-15H2,1-5H3/t17?,20?,21?,22?,23?,24-,25+/m0/s1. The topological polar surface area (TPSA) is 9.23 Å². The van der Waals surface area contributed by atoms with Crippen molar-refractivity contribution in [1.82, 2.24) is 0 Å². The summed E-state index contributed by atoms with van der Waals surface area (Å²) in [5.41, 5.74) is 2.61. The highest BCUT2D eigenvalue weighted by Crippen LogP contribution is 2.67. The first-order valence-corrected chi connectivity index (χ1v) is 11.4. The zero-order valence-electron chi connectivity index (χ0n) is 17.8. The molecule has 0 aromatic heterocycles. The summed E-state index contributed by atoms with van der Waals surface area (Å²) < 4.78 is 5.59. The van der Waals surface area contributed by atoms with Gasteiger partial charge in [-0.3, -0.25) is 0 Å². The molecule has 5 unspecified atom stereocenters. The Labute approximate surface area is 161 Å². The maximum absolute atomic E-state index is 5.59. The zero-order chi connectivity index (χ0) is 18.5. The normalized spacial score (nSPS) is 45.7. The van der Waals surface area contributed by atoms with E-state index in [0.29, 0.717) is 10.8 Å². The third-order valence-electron chi connectivity index (χ3n) is 9.50. The third kappa shape index (κ3) is 2.63. The van der Waals surface area contributed by atoms with Gasteiger partial charge in [0.1, 0.15) is 0 Å². The lowest BCUT2D eigenvalue weighted by molar-refractivity contribution is -0.0463. The van der Waals surface area contributed by atoms with E-state index in [1.54, 1.807) is 5.57 Å².